The highest BCUT2D eigenvalue weighted by Gasteiger charge is 2.25. The average Bonchev–Trinajstić information content (AvgIpc) is 2.83. The minimum atomic E-state index is -0.431. The zero-order chi connectivity index (χ0) is 16.6. The van der Waals surface area contributed by atoms with Crippen molar-refractivity contribution in [3.63, 3.8) is 0 Å². The number of hydrogen-bond acceptors (Lipinski definition) is 5. The normalized spacial score (nSPS) is 14.9. The van der Waals surface area contributed by atoms with Crippen molar-refractivity contribution in [2.45, 2.75) is 4.90 Å². The van der Waals surface area contributed by atoms with Crippen molar-refractivity contribution in [2.24, 2.45) is 0 Å². The molecule has 0 fully saturated rings. The van der Waals surface area contributed by atoms with Gasteiger partial charge in [0.2, 0.25) is 5.78 Å². The Morgan fingerprint density at radius 2 is 1.91 bits per heavy atom. The van der Waals surface area contributed by atoms with Crippen molar-refractivity contribution in [3.05, 3.63) is 68.6 Å². The van der Waals surface area contributed by atoms with Crippen molar-refractivity contribution < 1.29 is 9.72 Å². The van der Waals surface area contributed by atoms with E-state index in [1.54, 1.807) is 18.2 Å². The van der Waals surface area contributed by atoms with Crippen LogP contribution >= 0.6 is 11.8 Å². The maximum absolute atomic E-state index is 12.5. The van der Waals surface area contributed by atoms with Crippen molar-refractivity contribution in [1.29, 1.82) is 0 Å². The first-order valence-electron chi connectivity index (χ1n) is 6.96. The predicted molar refractivity (Wildman–Crippen MR) is 92.0 cm³/mol. The number of anilines is 1. The Hall–Kier alpha value is -2.60. The van der Waals surface area contributed by atoms with Crippen molar-refractivity contribution >= 4 is 35.0 Å². The molecule has 0 bridgehead atoms. The molecule has 2 aromatic rings. The van der Waals surface area contributed by atoms with E-state index >= 15 is 0 Å². The number of thioether (sulfide) groups is 1. The smallest absolute Gasteiger partial charge is 0.270 e. The highest BCUT2D eigenvalue weighted by atomic mass is 32.2. The van der Waals surface area contributed by atoms with E-state index in [1.807, 2.05) is 37.2 Å². The Morgan fingerprint density at radius 1 is 1.17 bits per heavy atom. The van der Waals surface area contributed by atoms with Crippen molar-refractivity contribution in [3.8, 4) is 0 Å². The first-order valence-corrected chi connectivity index (χ1v) is 7.78. The van der Waals surface area contributed by atoms with Crippen LogP contribution in [0.15, 0.2) is 52.3 Å². The monoisotopic (exact) mass is 326 g/mol. The zero-order valence-electron chi connectivity index (χ0n) is 12.6. The summed E-state index contributed by atoms with van der Waals surface area (Å²) in [7, 11) is 3.73. The van der Waals surface area contributed by atoms with E-state index in [2.05, 4.69) is 0 Å². The van der Waals surface area contributed by atoms with Crippen LogP contribution in [0.25, 0.3) is 6.08 Å². The molecule has 1 aliphatic rings. The fourth-order valence-electron chi connectivity index (χ4n) is 2.46. The molecular weight excluding hydrogens is 312 g/mol. The van der Waals surface area contributed by atoms with E-state index in [0.29, 0.717) is 16.0 Å². The molecule has 0 aromatic heterocycles. The van der Waals surface area contributed by atoms with Crippen LogP contribution in [-0.2, 0) is 0 Å². The largest absolute Gasteiger partial charge is 0.377 e. The Bertz CT molecular complexity index is 843. The molecule has 2 aromatic carbocycles. The summed E-state index contributed by atoms with van der Waals surface area (Å²) >= 11 is 1.40. The maximum atomic E-state index is 12.5. The van der Waals surface area contributed by atoms with Gasteiger partial charge in [-0.05, 0) is 24.3 Å². The van der Waals surface area contributed by atoms with Crippen LogP contribution in [0.4, 0.5) is 11.4 Å². The summed E-state index contributed by atoms with van der Waals surface area (Å²) in [4.78, 5) is 26.4. The molecule has 0 N–H and O–H groups in total. The number of carbonyl (C=O) groups is 1. The topological polar surface area (TPSA) is 63.4 Å². The number of nitro groups is 1. The van der Waals surface area contributed by atoms with Gasteiger partial charge < -0.3 is 4.90 Å². The number of nitro benzene ring substituents is 1. The molecular formula is C17H14N2O3S. The van der Waals surface area contributed by atoms with Crippen LogP contribution in [0.3, 0.4) is 0 Å². The first-order chi connectivity index (χ1) is 11.0. The number of ketones is 1. The third-order valence-electron chi connectivity index (χ3n) is 3.57. The number of non-ortho nitro benzene ring substituents is 1. The maximum Gasteiger partial charge on any atom is 0.270 e. The summed E-state index contributed by atoms with van der Waals surface area (Å²) in [6.45, 7) is 0. The molecule has 6 heteroatoms. The van der Waals surface area contributed by atoms with Crippen molar-refractivity contribution in [2.75, 3.05) is 19.0 Å². The third kappa shape index (κ3) is 2.85. The second kappa shape index (κ2) is 5.89. The highest BCUT2D eigenvalue weighted by molar-refractivity contribution is 8.04. The number of allylic oxidation sites excluding steroid dienone is 1. The van der Waals surface area contributed by atoms with Crippen LogP contribution in [0.1, 0.15) is 15.9 Å². The molecule has 23 heavy (non-hydrogen) atoms. The van der Waals surface area contributed by atoms with Gasteiger partial charge in [0.1, 0.15) is 0 Å². The molecule has 0 radical (unpaired) electrons. The Labute approximate surface area is 137 Å². The molecule has 0 spiro atoms. The fraction of sp³-hybridized carbons (Fsp3) is 0.118. The van der Waals surface area contributed by atoms with Gasteiger partial charge >= 0.3 is 0 Å². The molecule has 3 rings (SSSR count). The first kappa shape index (κ1) is 15.3. The van der Waals surface area contributed by atoms with E-state index in [1.165, 1.54) is 23.9 Å². The minimum Gasteiger partial charge on any atom is -0.377 e. The molecule has 0 unspecified atom stereocenters. The van der Waals surface area contributed by atoms with Crippen LogP contribution in [0.5, 0.6) is 0 Å². The molecule has 0 atom stereocenters. The highest BCUT2D eigenvalue weighted by Crippen LogP contribution is 2.41. The van der Waals surface area contributed by atoms with Crippen molar-refractivity contribution in [1.82, 2.24) is 0 Å². The summed E-state index contributed by atoms with van der Waals surface area (Å²) in [5.41, 5.74) is 2.18. The Kier molecular flexibility index (Phi) is 3.92. The number of Topliss-reactive ketones (excluding diaryl/α,β-unsaturated/α-hetero) is 1. The lowest BCUT2D eigenvalue weighted by molar-refractivity contribution is -0.384. The van der Waals surface area contributed by atoms with Gasteiger partial charge in [-0.1, -0.05) is 23.9 Å². The van der Waals surface area contributed by atoms with E-state index < -0.39 is 4.92 Å². The number of carbonyl (C=O) groups excluding carboxylic acids is 1. The summed E-state index contributed by atoms with van der Waals surface area (Å²) in [6, 6.07) is 12.1. The third-order valence-corrected chi connectivity index (χ3v) is 4.66. The number of benzene rings is 2. The molecule has 0 saturated carbocycles. The predicted octanol–water partition coefficient (Wildman–Crippen LogP) is 3.99. The Morgan fingerprint density at radius 3 is 2.57 bits per heavy atom. The summed E-state index contributed by atoms with van der Waals surface area (Å²) < 4.78 is 0. The standard InChI is InChI=1S/C17H14N2O3S/c1-18(2)14-8-7-12(19(21)22)9-11(14)10-16-17(20)13-5-3-4-6-15(13)23-16/h3-10H,1-2H3. The molecule has 5 nitrogen and oxygen atoms in total. The second-order valence-electron chi connectivity index (χ2n) is 5.33. The van der Waals surface area contributed by atoms with E-state index in [0.717, 1.165) is 10.6 Å². The molecule has 0 saturated heterocycles. The van der Waals surface area contributed by atoms with Crippen LogP contribution in [0.2, 0.25) is 0 Å². The molecule has 116 valence electrons. The minimum absolute atomic E-state index is 0.00964. The van der Waals surface area contributed by atoms with E-state index in [9.17, 15) is 14.9 Å². The molecule has 0 aliphatic carbocycles. The van der Waals surface area contributed by atoms with Gasteiger partial charge in [0.05, 0.1) is 9.83 Å². The van der Waals surface area contributed by atoms with Crippen LogP contribution in [0, 0.1) is 10.1 Å². The average molecular weight is 326 g/mol. The second-order valence-corrected chi connectivity index (χ2v) is 6.41. The van der Waals surface area contributed by atoms with E-state index in [4.69, 9.17) is 0 Å². The van der Waals surface area contributed by atoms with Gasteiger partial charge in [0, 0.05) is 47.9 Å². The van der Waals surface area contributed by atoms with Crippen LogP contribution in [-0.4, -0.2) is 24.8 Å². The molecule has 1 aliphatic heterocycles. The van der Waals surface area contributed by atoms with E-state index in [-0.39, 0.29) is 11.5 Å². The summed E-state index contributed by atoms with van der Waals surface area (Å²) in [5, 5.41) is 11.0. The number of hydrogen-bond donors (Lipinski definition) is 0. The summed E-state index contributed by atoms with van der Waals surface area (Å²) in [6.07, 6.45) is 1.73. The fourth-order valence-corrected chi connectivity index (χ4v) is 3.50. The Balaban J connectivity index is 2.07. The quantitative estimate of drug-likeness (QED) is 0.485. The number of rotatable bonds is 3. The van der Waals surface area contributed by atoms with Gasteiger partial charge in [-0.15, -0.1) is 0 Å². The van der Waals surface area contributed by atoms with Gasteiger partial charge in [0.25, 0.3) is 5.69 Å². The SMILES string of the molecule is CN(C)c1ccc([N+](=O)[O-])cc1C=C1Sc2ccccc2C1=O. The molecule has 0 amide bonds. The zero-order valence-corrected chi connectivity index (χ0v) is 13.5. The van der Waals surface area contributed by atoms with Gasteiger partial charge in [-0.25, -0.2) is 0 Å². The van der Waals surface area contributed by atoms with Gasteiger partial charge in [-0.2, -0.15) is 0 Å². The van der Waals surface area contributed by atoms with Gasteiger partial charge in [-0.3, -0.25) is 14.9 Å². The number of fused-ring (bicyclic) bond motifs is 1. The number of nitrogens with zero attached hydrogens (tertiary/aromatic N) is 2. The summed E-state index contributed by atoms with van der Waals surface area (Å²) in [5.74, 6) is -0.0400. The van der Waals surface area contributed by atoms with Gasteiger partial charge in [0.15, 0.2) is 0 Å². The lowest BCUT2D eigenvalue weighted by atomic mass is 10.1. The lowest BCUT2D eigenvalue weighted by Gasteiger charge is -2.15. The lowest BCUT2D eigenvalue weighted by Crippen LogP contribution is -2.10. The molecule has 1 heterocycles. The van der Waals surface area contributed by atoms with Crippen LogP contribution < -0.4 is 4.90 Å².